The molecule has 0 aliphatic carbocycles. The van der Waals surface area contributed by atoms with Gasteiger partial charge in [0.1, 0.15) is 18.0 Å². The third kappa shape index (κ3) is 7.08. The van der Waals surface area contributed by atoms with Crippen molar-refractivity contribution in [1.82, 2.24) is 14.5 Å². The molecule has 7 rings (SSSR count). The minimum absolute atomic E-state index is 0. The molecule has 0 N–H and O–H groups in total. The van der Waals surface area contributed by atoms with Gasteiger partial charge in [-0.3, -0.25) is 0 Å². The number of hydrogen-bond acceptors (Lipinski definition) is 3. The topological polar surface area (TPSA) is 47.7 Å². The zero-order chi connectivity index (χ0) is 32.4. The summed E-state index contributed by atoms with van der Waals surface area (Å²) in [6.07, 6.45) is 8.09. The first kappa shape index (κ1) is 34.2. The third-order valence-corrected chi connectivity index (χ3v) is 10.2. The molecular formula is C40H41IrN4OSi-. The van der Waals surface area contributed by atoms with Gasteiger partial charge in [0, 0.05) is 46.0 Å². The maximum Gasteiger partial charge on any atom is 0.290 e. The van der Waals surface area contributed by atoms with Crippen LogP contribution in [0.1, 0.15) is 39.8 Å². The molecule has 0 saturated heterocycles. The van der Waals surface area contributed by atoms with Gasteiger partial charge in [-0.15, -0.1) is 53.2 Å². The number of fused-ring (bicyclic) bond motifs is 3. The van der Waals surface area contributed by atoms with Crippen LogP contribution in [0.25, 0.3) is 55.8 Å². The fraction of sp³-hybridized carbons (Fsp3) is 0.225. The largest absolute Gasteiger partial charge is 0.501 e. The van der Waals surface area contributed by atoms with Gasteiger partial charge in [-0.1, -0.05) is 73.1 Å². The van der Waals surface area contributed by atoms with E-state index in [9.17, 15) is 0 Å². The maximum atomic E-state index is 6.42. The van der Waals surface area contributed by atoms with Crippen LogP contribution in [0.5, 0.6) is 0 Å². The molecule has 241 valence electrons. The fourth-order valence-electron chi connectivity index (χ4n) is 5.85. The summed E-state index contributed by atoms with van der Waals surface area (Å²) in [5.74, 6) is 1.18. The summed E-state index contributed by atoms with van der Waals surface area (Å²) in [5, 5.41) is 3.77. The molecule has 7 heteroatoms. The summed E-state index contributed by atoms with van der Waals surface area (Å²) >= 11 is 0. The molecule has 1 radical (unpaired) electrons. The van der Waals surface area contributed by atoms with Gasteiger partial charge in [0.25, 0.3) is 5.82 Å². The standard InChI is InChI=1S/C29H33N3OSi.C11H8N.Ir/c1-19(2)31-16-17-32(20(3)4)29(31)21-12-14-24(30-18-21)22-13-15-26(34(5,6)7)27-23-10-8-9-11-25(23)33-28(22)27;1-2-6-10(7-3-1)11-8-4-5-9-12-11;/h8-12,14-20H,1-7H3;1-6,8-9H;/q;-1;. The summed E-state index contributed by atoms with van der Waals surface area (Å²) in [7, 11) is -1.60. The summed E-state index contributed by atoms with van der Waals surface area (Å²) in [6, 6.07) is 35.9. The monoisotopic (exact) mass is 814 g/mol. The van der Waals surface area contributed by atoms with Crippen molar-refractivity contribution in [2.75, 3.05) is 0 Å². The van der Waals surface area contributed by atoms with Gasteiger partial charge in [-0.25, -0.2) is 9.13 Å². The number of para-hydroxylation sites is 1. The average molecular weight is 814 g/mol. The second-order valence-corrected chi connectivity index (χ2v) is 18.2. The predicted octanol–water partition coefficient (Wildman–Crippen LogP) is 9.46. The Morgan fingerprint density at radius 3 is 2.23 bits per heavy atom. The normalized spacial score (nSPS) is 11.5. The number of aromatic nitrogens is 4. The molecule has 5 nitrogen and oxygen atoms in total. The van der Waals surface area contributed by atoms with Gasteiger partial charge in [0.05, 0.1) is 23.2 Å². The van der Waals surface area contributed by atoms with Gasteiger partial charge in [0.15, 0.2) is 0 Å². The quantitative estimate of drug-likeness (QED) is 0.0956. The smallest absolute Gasteiger partial charge is 0.290 e. The Kier molecular flexibility index (Phi) is 10.4. The summed E-state index contributed by atoms with van der Waals surface area (Å²) in [4.78, 5) is 9.13. The van der Waals surface area contributed by atoms with Crippen LogP contribution < -0.4 is 9.75 Å². The van der Waals surface area contributed by atoms with Crippen LogP contribution in [0.15, 0.2) is 114 Å². The Hall–Kier alpha value is -4.16. The molecule has 0 fully saturated rings. The van der Waals surface area contributed by atoms with E-state index in [0.717, 1.165) is 39.2 Å². The van der Waals surface area contributed by atoms with Gasteiger partial charge < -0.3 is 14.4 Å². The Morgan fingerprint density at radius 2 is 1.60 bits per heavy atom. The van der Waals surface area contributed by atoms with Gasteiger partial charge in [-0.2, -0.15) is 0 Å². The maximum absolute atomic E-state index is 6.42. The molecule has 3 aromatic carbocycles. The molecule has 4 heterocycles. The van der Waals surface area contributed by atoms with E-state index in [1.54, 1.807) is 6.20 Å². The molecule has 4 aromatic heterocycles. The Balaban J connectivity index is 0.000000280. The van der Waals surface area contributed by atoms with Crippen molar-refractivity contribution in [3.8, 4) is 33.9 Å². The van der Waals surface area contributed by atoms with Crippen molar-refractivity contribution >= 4 is 35.2 Å². The van der Waals surface area contributed by atoms with E-state index in [4.69, 9.17) is 9.40 Å². The summed E-state index contributed by atoms with van der Waals surface area (Å²) in [6.45, 7) is 16.0. The van der Waals surface area contributed by atoms with Crippen LogP contribution in [0.4, 0.5) is 0 Å². The van der Waals surface area contributed by atoms with Crippen molar-refractivity contribution in [3.63, 3.8) is 0 Å². The average Bonchev–Trinajstić information content (AvgIpc) is 3.68. The molecule has 0 unspecified atom stereocenters. The minimum Gasteiger partial charge on any atom is -0.501 e. The van der Waals surface area contributed by atoms with Gasteiger partial charge in [0.2, 0.25) is 0 Å². The first-order chi connectivity index (χ1) is 22.1. The molecule has 0 saturated carbocycles. The van der Waals surface area contributed by atoms with E-state index < -0.39 is 8.07 Å². The number of nitrogens with zero attached hydrogens (tertiary/aromatic N) is 4. The number of benzene rings is 3. The summed E-state index contributed by atoms with van der Waals surface area (Å²) < 4.78 is 11.0. The SMILES string of the molecule is CC(C)n1cc[n+](C(C)C)c1-c1ccc(-c2[c-]cc([Si](C)(C)C)c3c2oc2ccccc23)nc1.[Ir].[c-]1ccccc1-c1ccccn1. The minimum atomic E-state index is -1.60. The van der Waals surface area contributed by atoms with Crippen molar-refractivity contribution in [3.05, 3.63) is 122 Å². The second kappa shape index (κ2) is 14.3. The Morgan fingerprint density at radius 1 is 0.830 bits per heavy atom. The Bertz CT molecular complexity index is 2010. The van der Waals surface area contributed by atoms with Crippen LogP contribution in [-0.4, -0.2) is 22.6 Å². The second-order valence-electron chi connectivity index (χ2n) is 13.2. The number of imidazole rings is 1. The van der Waals surface area contributed by atoms with Crippen molar-refractivity contribution in [2.24, 2.45) is 0 Å². The fourth-order valence-corrected chi connectivity index (χ4v) is 7.35. The summed E-state index contributed by atoms with van der Waals surface area (Å²) in [5.41, 5.74) is 6.74. The molecular weight excluding hydrogens is 773 g/mol. The third-order valence-electron chi connectivity index (χ3n) is 8.18. The van der Waals surface area contributed by atoms with E-state index in [2.05, 4.69) is 116 Å². The molecule has 7 aromatic rings. The first-order valence-electron chi connectivity index (χ1n) is 16.0. The number of furan rings is 1. The van der Waals surface area contributed by atoms with Gasteiger partial charge in [-0.05, 0) is 51.2 Å². The first-order valence-corrected chi connectivity index (χ1v) is 19.5. The Labute approximate surface area is 292 Å². The number of rotatable bonds is 6. The van der Waals surface area contributed by atoms with E-state index in [0.29, 0.717) is 12.1 Å². The zero-order valence-corrected chi connectivity index (χ0v) is 31.5. The van der Waals surface area contributed by atoms with Crippen molar-refractivity contribution in [1.29, 1.82) is 0 Å². The predicted molar refractivity (Wildman–Crippen MR) is 192 cm³/mol. The zero-order valence-electron chi connectivity index (χ0n) is 28.1. The number of hydrogen-bond donors (Lipinski definition) is 0. The molecule has 0 spiro atoms. The molecule has 0 aliphatic heterocycles. The van der Waals surface area contributed by atoms with Crippen LogP contribution in [0, 0.1) is 12.1 Å². The molecule has 47 heavy (non-hydrogen) atoms. The van der Waals surface area contributed by atoms with Crippen LogP contribution >= 0.6 is 0 Å². The van der Waals surface area contributed by atoms with E-state index in [1.165, 1.54) is 21.8 Å². The van der Waals surface area contributed by atoms with Crippen molar-refractivity contribution in [2.45, 2.75) is 59.4 Å². The van der Waals surface area contributed by atoms with E-state index in [-0.39, 0.29) is 20.1 Å². The van der Waals surface area contributed by atoms with E-state index >= 15 is 0 Å². The van der Waals surface area contributed by atoms with E-state index in [1.807, 2.05) is 60.8 Å². The molecule has 0 amide bonds. The molecule has 0 atom stereocenters. The molecule has 0 bridgehead atoms. The van der Waals surface area contributed by atoms with Crippen LogP contribution in [0.3, 0.4) is 0 Å². The van der Waals surface area contributed by atoms with Crippen LogP contribution in [0.2, 0.25) is 19.6 Å². The van der Waals surface area contributed by atoms with Crippen LogP contribution in [-0.2, 0) is 20.1 Å². The van der Waals surface area contributed by atoms with Gasteiger partial charge >= 0.3 is 0 Å². The molecule has 0 aliphatic rings. The van der Waals surface area contributed by atoms with Crippen molar-refractivity contribution < 1.29 is 29.1 Å². The number of pyridine rings is 2.